The summed E-state index contributed by atoms with van der Waals surface area (Å²) < 4.78 is 0. The third-order valence-electron chi connectivity index (χ3n) is 5.41. The first-order valence-electron chi connectivity index (χ1n) is 10.7. The number of nitrogens with one attached hydrogen (secondary N) is 1. The highest BCUT2D eigenvalue weighted by Crippen LogP contribution is 2.33. The van der Waals surface area contributed by atoms with Crippen LogP contribution in [0.25, 0.3) is 0 Å². The van der Waals surface area contributed by atoms with E-state index in [1.54, 1.807) is 29.2 Å². The van der Waals surface area contributed by atoms with Crippen molar-refractivity contribution in [3.8, 4) is 0 Å². The summed E-state index contributed by atoms with van der Waals surface area (Å²) >= 11 is 18.2. The van der Waals surface area contributed by atoms with Crippen LogP contribution >= 0.6 is 34.8 Å². The first-order valence-corrected chi connectivity index (χ1v) is 11.8. The molecule has 0 bridgehead atoms. The fourth-order valence-electron chi connectivity index (χ4n) is 3.75. The summed E-state index contributed by atoms with van der Waals surface area (Å²) in [5, 5.41) is 3.18. The molecule has 0 saturated carbocycles. The van der Waals surface area contributed by atoms with Crippen LogP contribution < -0.4 is 15.1 Å². The van der Waals surface area contributed by atoms with Crippen LogP contribution in [0.15, 0.2) is 77.5 Å². The van der Waals surface area contributed by atoms with E-state index < -0.39 is 11.8 Å². The Balaban J connectivity index is 1.53. The SMILES string of the molecule is CCN(C(=O)c1ccc(NC2=C(Cl)C(=O)N(c3cc(Cl)cc(Cl)c3)C2=O)cc1)c1cccc(C)c1. The van der Waals surface area contributed by atoms with Crippen molar-refractivity contribution >= 4 is 69.6 Å². The number of carbonyl (C=O) groups is 3. The van der Waals surface area contributed by atoms with Crippen molar-refractivity contribution in [1.29, 1.82) is 0 Å². The number of aryl methyl sites for hydroxylation is 1. The molecule has 9 heteroatoms. The van der Waals surface area contributed by atoms with Crippen LogP contribution in [0.3, 0.4) is 0 Å². The second-order valence-corrected chi connectivity index (χ2v) is 9.10. The largest absolute Gasteiger partial charge is 0.350 e. The summed E-state index contributed by atoms with van der Waals surface area (Å²) in [6.07, 6.45) is 0. The van der Waals surface area contributed by atoms with Crippen molar-refractivity contribution in [3.05, 3.63) is 98.6 Å². The van der Waals surface area contributed by atoms with Crippen LogP contribution in [0.2, 0.25) is 10.0 Å². The van der Waals surface area contributed by atoms with Gasteiger partial charge in [0, 0.05) is 33.5 Å². The van der Waals surface area contributed by atoms with Crippen LogP contribution in [0.1, 0.15) is 22.8 Å². The Bertz CT molecular complexity index is 1350. The minimum absolute atomic E-state index is 0.0817. The molecule has 1 N–H and O–H groups in total. The molecule has 3 aromatic rings. The Hall–Kier alpha value is -3.32. The Morgan fingerprint density at radius 3 is 2.17 bits per heavy atom. The smallest absolute Gasteiger partial charge is 0.283 e. The summed E-state index contributed by atoms with van der Waals surface area (Å²) in [6, 6.07) is 18.7. The van der Waals surface area contributed by atoms with E-state index in [-0.39, 0.29) is 32.4 Å². The van der Waals surface area contributed by atoms with Gasteiger partial charge in [0.05, 0.1) is 5.69 Å². The molecule has 0 aromatic heterocycles. The molecule has 178 valence electrons. The lowest BCUT2D eigenvalue weighted by Gasteiger charge is -2.21. The zero-order chi connectivity index (χ0) is 25.3. The Morgan fingerprint density at radius 2 is 1.57 bits per heavy atom. The molecule has 1 heterocycles. The Labute approximate surface area is 217 Å². The molecule has 1 aliphatic heterocycles. The summed E-state index contributed by atoms with van der Waals surface area (Å²) in [6.45, 7) is 4.39. The van der Waals surface area contributed by atoms with Gasteiger partial charge in [0.1, 0.15) is 10.7 Å². The van der Waals surface area contributed by atoms with E-state index in [0.29, 0.717) is 17.8 Å². The quantitative estimate of drug-likeness (QED) is 0.376. The molecule has 0 unspecified atom stereocenters. The van der Waals surface area contributed by atoms with Crippen molar-refractivity contribution in [2.45, 2.75) is 13.8 Å². The van der Waals surface area contributed by atoms with Crippen LogP contribution in [-0.2, 0) is 9.59 Å². The maximum Gasteiger partial charge on any atom is 0.283 e. The van der Waals surface area contributed by atoms with E-state index in [0.717, 1.165) is 16.2 Å². The van der Waals surface area contributed by atoms with Crippen LogP contribution in [-0.4, -0.2) is 24.3 Å². The number of benzene rings is 3. The predicted octanol–water partition coefficient (Wildman–Crippen LogP) is 6.40. The average molecular weight is 529 g/mol. The standard InChI is InChI=1S/C26H20Cl3N3O3/c1-3-31(20-6-4-5-15(2)11-20)24(33)16-7-9-19(10-8-16)30-23-22(29)25(34)32(26(23)35)21-13-17(27)12-18(28)14-21/h4-14,30H,3H2,1-2H3. The molecule has 3 amide bonds. The van der Waals surface area contributed by atoms with Crippen molar-refractivity contribution in [2.24, 2.45) is 0 Å². The first-order chi connectivity index (χ1) is 16.7. The second-order valence-electron chi connectivity index (χ2n) is 7.85. The van der Waals surface area contributed by atoms with Gasteiger partial charge in [0.2, 0.25) is 0 Å². The topological polar surface area (TPSA) is 69.7 Å². The zero-order valence-corrected chi connectivity index (χ0v) is 21.1. The van der Waals surface area contributed by atoms with Gasteiger partial charge in [-0.3, -0.25) is 14.4 Å². The van der Waals surface area contributed by atoms with Crippen LogP contribution in [0.5, 0.6) is 0 Å². The summed E-state index contributed by atoms with van der Waals surface area (Å²) in [7, 11) is 0. The zero-order valence-electron chi connectivity index (χ0n) is 18.8. The highest BCUT2D eigenvalue weighted by Gasteiger charge is 2.39. The predicted molar refractivity (Wildman–Crippen MR) is 140 cm³/mol. The Kier molecular flexibility index (Phi) is 7.17. The van der Waals surface area contributed by atoms with Gasteiger partial charge in [-0.05, 0) is 74.0 Å². The average Bonchev–Trinajstić information content (AvgIpc) is 3.02. The van der Waals surface area contributed by atoms with Gasteiger partial charge in [0.15, 0.2) is 0 Å². The van der Waals surface area contributed by atoms with Gasteiger partial charge in [0.25, 0.3) is 17.7 Å². The maximum absolute atomic E-state index is 13.1. The highest BCUT2D eigenvalue weighted by molar-refractivity contribution is 6.53. The molecular formula is C26H20Cl3N3O3. The number of rotatable bonds is 6. The molecule has 35 heavy (non-hydrogen) atoms. The fourth-order valence-corrected chi connectivity index (χ4v) is 4.48. The van der Waals surface area contributed by atoms with Gasteiger partial charge in [-0.25, -0.2) is 4.90 Å². The number of imide groups is 1. The molecule has 0 fully saturated rings. The molecule has 0 aliphatic carbocycles. The van der Waals surface area contributed by atoms with Crippen molar-refractivity contribution in [3.63, 3.8) is 0 Å². The summed E-state index contributed by atoms with van der Waals surface area (Å²) in [5.74, 6) is -1.49. The molecule has 0 atom stereocenters. The monoisotopic (exact) mass is 527 g/mol. The molecular weight excluding hydrogens is 509 g/mol. The summed E-state index contributed by atoms with van der Waals surface area (Å²) in [4.78, 5) is 41.4. The number of anilines is 3. The lowest BCUT2D eigenvalue weighted by Crippen LogP contribution is -2.32. The molecule has 3 aromatic carbocycles. The normalized spacial score (nSPS) is 13.5. The molecule has 0 radical (unpaired) electrons. The fraction of sp³-hybridized carbons (Fsp3) is 0.115. The van der Waals surface area contributed by atoms with Crippen molar-refractivity contribution < 1.29 is 14.4 Å². The third kappa shape index (κ3) is 5.05. The number of hydrogen-bond acceptors (Lipinski definition) is 4. The van der Waals surface area contributed by atoms with Crippen LogP contribution in [0, 0.1) is 6.92 Å². The number of nitrogens with zero attached hydrogens (tertiary/aromatic N) is 2. The Morgan fingerprint density at radius 1 is 0.914 bits per heavy atom. The molecule has 6 nitrogen and oxygen atoms in total. The third-order valence-corrected chi connectivity index (χ3v) is 6.20. The summed E-state index contributed by atoms with van der Waals surface area (Å²) in [5.41, 5.74) is 2.96. The second kappa shape index (κ2) is 10.1. The van der Waals surface area contributed by atoms with E-state index in [2.05, 4.69) is 5.32 Å². The van der Waals surface area contributed by atoms with Gasteiger partial charge >= 0.3 is 0 Å². The number of carbonyl (C=O) groups excluding carboxylic acids is 3. The van der Waals surface area contributed by atoms with Gasteiger partial charge in [-0.15, -0.1) is 0 Å². The van der Waals surface area contributed by atoms with Crippen molar-refractivity contribution in [2.75, 3.05) is 21.7 Å². The van der Waals surface area contributed by atoms with E-state index in [1.165, 1.54) is 18.2 Å². The molecule has 1 aliphatic rings. The van der Waals surface area contributed by atoms with E-state index in [1.807, 2.05) is 38.1 Å². The van der Waals surface area contributed by atoms with Gasteiger partial charge in [-0.2, -0.15) is 0 Å². The van der Waals surface area contributed by atoms with E-state index in [9.17, 15) is 14.4 Å². The number of halogens is 3. The minimum Gasteiger partial charge on any atom is -0.350 e. The lowest BCUT2D eigenvalue weighted by atomic mass is 10.1. The lowest BCUT2D eigenvalue weighted by molar-refractivity contribution is -0.120. The highest BCUT2D eigenvalue weighted by atomic mass is 35.5. The maximum atomic E-state index is 13.1. The van der Waals surface area contributed by atoms with Gasteiger partial charge in [-0.1, -0.05) is 46.9 Å². The van der Waals surface area contributed by atoms with Crippen LogP contribution in [0.4, 0.5) is 17.1 Å². The van der Waals surface area contributed by atoms with Crippen molar-refractivity contribution in [1.82, 2.24) is 0 Å². The number of amides is 3. The molecule has 4 rings (SSSR count). The molecule has 0 spiro atoms. The number of hydrogen-bond donors (Lipinski definition) is 1. The first kappa shape index (κ1) is 24.8. The van der Waals surface area contributed by atoms with E-state index in [4.69, 9.17) is 34.8 Å². The molecule has 0 saturated heterocycles. The van der Waals surface area contributed by atoms with E-state index >= 15 is 0 Å². The minimum atomic E-state index is -0.693. The van der Waals surface area contributed by atoms with Gasteiger partial charge < -0.3 is 10.2 Å².